The van der Waals surface area contributed by atoms with Crippen molar-refractivity contribution in [3.63, 3.8) is 0 Å². The molecule has 1 saturated heterocycles. The molecule has 1 fully saturated rings. The van der Waals surface area contributed by atoms with Crippen molar-refractivity contribution < 1.29 is 0 Å². The number of nitrogens with two attached hydrogens (primary N) is 1. The first-order valence-corrected chi connectivity index (χ1v) is 3.31. The normalized spacial score (nSPS) is 38.2. The highest BCUT2D eigenvalue weighted by Gasteiger charge is 2.20. The zero-order valence-corrected chi connectivity index (χ0v) is 5.35. The van der Waals surface area contributed by atoms with Gasteiger partial charge in [-0.25, -0.2) is 0 Å². The maximum absolute atomic E-state index is 5.73. The van der Waals surface area contributed by atoms with Gasteiger partial charge in [0, 0.05) is 12.6 Å². The van der Waals surface area contributed by atoms with Crippen molar-refractivity contribution >= 4 is 0 Å². The fourth-order valence-electron chi connectivity index (χ4n) is 1.20. The van der Waals surface area contributed by atoms with E-state index in [-0.39, 0.29) is 0 Å². The fraction of sp³-hybridized carbons (Fsp3) is 1.00. The van der Waals surface area contributed by atoms with Gasteiger partial charge in [-0.3, -0.25) is 0 Å². The minimum absolute atomic E-state index is 0.417. The molecule has 0 radical (unpaired) electrons. The van der Waals surface area contributed by atoms with Crippen LogP contribution in [0.2, 0.25) is 0 Å². The summed E-state index contributed by atoms with van der Waals surface area (Å²) in [5.41, 5.74) is 5.73. The lowest BCUT2D eigenvalue weighted by Crippen LogP contribution is -2.28. The number of hydrogen-bond donors (Lipinski definition) is 2. The summed E-state index contributed by atoms with van der Waals surface area (Å²) in [5.74, 6) is 0.731. The zero-order chi connectivity index (χ0) is 5.98. The summed E-state index contributed by atoms with van der Waals surface area (Å²) in [6.07, 6.45) is 1.22. The van der Waals surface area contributed by atoms with E-state index in [1.165, 1.54) is 6.42 Å². The van der Waals surface area contributed by atoms with Crippen LogP contribution in [-0.2, 0) is 0 Å². The molecule has 1 heterocycles. The zero-order valence-electron chi connectivity index (χ0n) is 5.35. The quantitative estimate of drug-likeness (QED) is 0.501. The van der Waals surface area contributed by atoms with Crippen LogP contribution in [0.15, 0.2) is 0 Å². The summed E-state index contributed by atoms with van der Waals surface area (Å²) in [6.45, 7) is 4.33. The second kappa shape index (κ2) is 2.46. The van der Waals surface area contributed by atoms with Gasteiger partial charge in [-0.2, -0.15) is 0 Å². The fourth-order valence-corrected chi connectivity index (χ4v) is 1.20. The van der Waals surface area contributed by atoms with Crippen molar-refractivity contribution in [2.24, 2.45) is 11.7 Å². The van der Waals surface area contributed by atoms with Crippen LogP contribution in [0.25, 0.3) is 0 Å². The number of nitrogens with one attached hydrogen (secondary N) is 1. The van der Waals surface area contributed by atoms with Crippen molar-refractivity contribution in [2.45, 2.75) is 19.4 Å². The van der Waals surface area contributed by atoms with Crippen molar-refractivity contribution in [2.75, 3.05) is 13.1 Å². The second-order valence-corrected chi connectivity index (χ2v) is 2.49. The van der Waals surface area contributed by atoms with Crippen LogP contribution in [0.3, 0.4) is 0 Å². The molecule has 3 N–H and O–H groups in total. The Hall–Kier alpha value is -0.0800. The van der Waals surface area contributed by atoms with Crippen LogP contribution >= 0.6 is 0 Å². The Balaban J connectivity index is 2.30. The number of rotatable bonds is 1. The Morgan fingerprint density at radius 3 is 2.62 bits per heavy atom. The predicted molar refractivity (Wildman–Crippen MR) is 34.6 cm³/mol. The van der Waals surface area contributed by atoms with Crippen LogP contribution in [0, 0.1) is 5.92 Å². The molecule has 0 aromatic heterocycles. The van der Waals surface area contributed by atoms with Gasteiger partial charge in [-0.15, -0.1) is 0 Å². The Morgan fingerprint density at radius 1 is 1.62 bits per heavy atom. The summed E-state index contributed by atoms with van der Waals surface area (Å²) in [4.78, 5) is 0. The van der Waals surface area contributed by atoms with E-state index in [0.717, 1.165) is 19.0 Å². The van der Waals surface area contributed by atoms with Crippen LogP contribution in [0.5, 0.6) is 0 Å². The smallest absolute Gasteiger partial charge is 0.0206 e. The molecule has 1 aliphatic heterocycles. The van der Waals surface area contributed by atoms with Gasteiger partial charge in [-0.1, -0.05) is 13.3 Å². The molecular formula is C6H14N2. The lowest BCUT2D eigenvalue weighted by atomic mass is 10.0. The van der Waals surface area contributed by atoms with Gasteiger partial charge in [0.25, 0.3) is 0 Å². The van der Waals surface area contributed by atoms with Crippen molar-refractivity contribution in [3.05, 3.63) is 0 Å². The summed E-state index contributed by atoms with van der Waals surface area (Å²) < 4.78 is 0. The van der Waals surface area contributed by atoms with E-state index >= 15 is 0 Å². The first-order chi connectivity index (χ1) is 3.84. The average molecular weight is 114 g/mol. The molecule has 1 rings (SSSR count). The van der Waals surface area contributed by atoms with Gasteiger partial charge in [0.05, 0.1) is 0 Å². The molecule has 0 saturated carbocycles. The summed E-state index contributed by atoms with van der Waals surface area (Å²) >= 11 is 0. The van der Waals surface area contributed by atoms with E-state index < -0.39 is 0 Å². The molecule has 48 valence electrons. The summed E-state index contributed by atoms with van der Waals surface area (Å²) in [5, 5.41) is 3.25. The monoisotopic (exact) mass is 114 g/mol. The molecule has 2 heteroatoms. The van der Waals surface area contributed by atoms with Gasteiger partial charge in [0.2, 0.25) is 0 Å². The van der Waals surface area contributed by atoms with Gasteiger partial charge < -0.3 is 11.1 Å². The van der Waals surface area contributed by atoms with E-state index in [1.54, 1.807) is 0 Å². The van der Waals surface area contributed by atoms with Crippen molar-refractivity contribution in [1.29, 1.82) is 0 Å². The van der Waals surface area contributed by atoms with Gasteiger partial charge in [0.15, 0.2) is 0 Å². The molecule has 0 aromatic rings. The highest BCUT2D eigenvalue weighted by molar-refractivity contribution is 4.82. The third kappa shape index (κ3) is 1.01. The van der Waals surface area contributed by atoms with Gasteiger partial charge in [0.1, 0.15) is 0 Å². The topological polar surface area (TPSA) is 38.0 Å². The minimum Gasteiger partial charge on any atom is -0.326 e. The van der Waals surface area contributed by atoms with E-state index in [2.05, 4.69) is 12.2 Å². The molecule has 8 heavy (non-hydrogen) atoms. The van der Waals surface area contributed by atoms with Gasteiger partial charge >= 0.3 is 0 Å². The Bertz CT molecular complexity index is 72.9. The molecule has 1 aliphatic rings. The largest absolute Gasteiger partial charge is 0.326 e. The van der Waals surface area contributed by atoms with E-state index in [9.17, 15) is 0 Å². The summed E-state index contributed by atoms with van der Waals surface area (Å²) in [6, 6.07) is 0.417. The Kier molecular flexibility index (Phi) is 1.86. The standard InChI is InChI=1S/C6H14N2/c1-2-5-3-8-4-6(5)7/h5-6,8H,2-4,7H2,1H3/t5?,6-/m1/s1. The van der Waals surface area contributed by atoms with Crippen molar-refractivity contribution in [1.82, 2.24) is 5.32 Å². The second-order valence-electron chi connectivity index (χ2n) is 2.49. The third-order valence-electron chi connectivity index (χ3n) is 1.92. The molecule has 2 atom stereocenters. The van der Waals surface area contributed by atoms with Crippen LogP contribution in [0.4, 0.5) is 0 Å². The molecule has 2 nitrogen and oxygen atoms in total. The maximum Gasteiger partial charge on any atom is 0.0206 e. The Labute approximate surface area is 50.4 Å². The predicted octanol–water partition coefficient (Wildman–Crippen LogP) is -0.0569. The SMILES string of the molecule is CCC1CNC[C@H]1N. The van der Waals surface area contributed by atoms with Gasteiger partial charge in [-0.05, 0) is 12.5 Å². The van der Waals surface area contributed by atoms with Crippen LogP contribution < -0.4 is 11.1 Å². The third-order valence-corrected chi connectivity index (χ3v) is 1.92. The van der Waals surface area contributed by atoms with E-state index in [0.29, 0.717) is 6.04 Å². The molecule has 0 bridgehead atoms. The van der Waals surface area contributed by atoms with Crippen LogP contribution in [0.1, 0.15) is 13.3 Å². The Morgan fingerprint density at radius 2 is 2.38 bits per heavy atom. The molecule has 0 spiro atoms. The average Bonchev–Trinajstić information content (AvgIpc) is 2.14. The van der Waals surface area contributed by atoms with Crippen LogP contribution in [-0.4, -0.2) is 19.1 Å². The molecule has 0 aliphatic carbocycles. The lowest BCUT2D eigenvalue weighted by Gasteiger charge is -2.08. The maximum atomic E-state index is 5.73. The molecule has 0 aromatic carbocycles. The minimum atomic E-state index is 0.417. The van der Waals surface area contributed by atoms with E-state index in [4.69, 9.17) is 5.73 Å². The van der Waals surface area contributed by atoms with Crippen molar-refractivity contribution in [3.8, 4) is 0 Å². The number of hydrogen-bond acceptors (Lipinski definition) is 2. The highest BCUT2D eigenvalue weighted by Crippen LogP contribution is 2.09. The lowest BCUT2D eigenvalue weighted by molar-refractivity contribution is 0.499. The molecular weight excluding hydrogens is 100 g/mol. The highest BCUT2D eigenvalue weighted by atomic mass is 15.0. The molecule has 0 amide bonds. The summed E-state index contributed by atoms with van der Waals surface area (Å²) in [7, 11) is 0. The van der Waals surface area contributed by atoms with E-state index in [1.807, 2.05) is 0 Å². The first kappa shape index (κ1) is 6.05. The first-order valence-electron chi connectivity index (χ1n) is 3.31. The molecule has 1 unspecified atom stereocenters.